The lowest BCUT2D eigenvalue weighted by molar-refractivity contribution is -0.123. The minimum Gasteiger partial charge on any atom is -0.336 e. The van der Waals surface area contributed by atoms with Gasteiger partial charge in [-0.05, 0) is 49.5 Å². The van der Waals surface area contributed by atoms with E-state index in [1.807, 2.05) is 30.3 Å². The van der Waals surface area contributed by atoms with Crippen LogP contribution in [0.1, 0.15) is 64.9 Å². The van der Waals surface area contributed by atoms with Gasteiger partial charge in [0.05, 0.1) is 6.07 Å². The number of hydrogen-bond donors (Lipinski definition) is 1. The molecule has 1 amide bonds. The van der Waals surface area contributed by atoms with Crippen molar-refractivity contribution >= 4 is 12.1 Å². The Morgan fingerprint density at radius 2 is 1.96 bits per heavy atom. The number of carbonyl (C=O) groups is 1. The molecule has 4 nitrogen and oxygen atoms in total. The number of nitrogens with zero attached hydrogens (tertiary/aromatic N) is 2. The molecular weight excluding hydrogens is 310 g/mol. The molecule has 0 aromatic heterocycles. The summed E-state index contributed by atoms with van der Waals surface area (Å²) in [5, 5.41) is 12.5. The summed E-state index contributed by atoms with van der Waals surface area (Å²) < 4.78 is 0. The number of aliphatic imine (C=N–C) groups is 1. The van der Waals surface area contributed by atoms with E-state index < -0.39 is 11.6 Å². The summed E-state index contributed by atoms with van der Waals surface area (Å²) in [5.41, 5.74) is 0.423. The monoisotopic (exact) mass is 339 g/mol. The summed E-state index contributed by atoms with van der Waals surface area (Å²) in [6.45, 7) is 6.49. The van der Waals surface area contributed by atoms with Gasteiger partial charge in [0.2, 0.25) is 5.91 Å². The highest BCUT2D eigenvalue weighted by atomic mass is 16.2. The summed E-state index contributed by atoms with van der Waals surface area (Å²) in [7, 11) is 0. The quantitative estimate of drug-likeness (QED) is 0.787. The van der Waals surface area contributed by atoms with E-state index in [0.717, 1.165) is 37.7 Å². The molecule has 1 fully saturated rings. The van der Waals surface area contributed by atoms with Crippen LogP contribution in [-0.2, 0) is 4.79 Å². The van der Waals surface area contributed by atoms with Gasteiger partial charge < -0.3 is 5.32 Å². The molecular formula is C21H29N3O. The largest absolute Gasteiger partial charge is 0.336 e. The van der Waals surface area contributed by atoms with E-state index in [4.69, 9.17) is 0 Å². The van der Waals surface area contributed by atoms with Crippen LogP contribution in [0, 0.1) is 16.7 Å². The van der Waals surface area contributed by atoms with E-state index in [9.17, 15) is 10.1 Å². The highest BCUT2D eigenvalue weighted by Crippen LogP contribution is 2.29. The summed E-state index contributed by atoms with van der Waals surface area (Å²) in [4.78, 5) is 17.4. The van der Waals surface area contributed by atoms with E-state index >= 15 is 0 Å². The molecule has 25 heavy (non-hydrogen) atoms. The number of amides is 1. The van der Waals surface area contributed by atoms with Gasteiger partial charge in [-0.1, -0.05) is 51.1 Å². The Balaban J connectivity index is 2.11. The first-order valence-electron chi connectivity index (χ1n) is 9.15. The fourth-order valence-electron chi connectivity index (χ4n) is 3.12. The zero-order valence-corrected chi connectivity index (χ0v) is 15.6. The van der Waals surface area contributed by atoms with E-state index in [1.165, 1.54) is 0 Å². The van der Waals surface area contributed by atoms with Crippen LogP contribution in [0.15, 0.2) is 35.3 Å². The maximum atomic E-state index is 12.8. The average Bonchev–Trinajstić information content (AvgIpc) is 3.03. The zero-order chi connectivity index (χ0) is 18.3. The molecule has 1 aliphatic carbocycles. The van der Waals surface area contributed by atoms with Gasteiger partial charge >= 0.3 is 0 Å². The van der Waals surface area contributed by atoms with Crippen LogP contribution in [0.5, 0.6) is 0 Å². The van der Waals surface area contributed by atoms with E-state index in [-0.39, 0.29) is 11.3 Å². The van der Waals surface area contributed by atoms with Crippen LogP contribution in [0.4, 0.5) is 0 Å². The number of carbonyl (C=O) groups excluding carboxylic acids is 1. The molecule has 0 radical (unpaired) electrons. The number of hydrogen-bond acceptors (Lipinski definition) is 3. The van der Waals surface area contributed by atoms with E-state index in [1.54, 1.807) is 6.21 Å². The summed E-state index contributed by atoms with van der Waals surface area (Å²) in [6, 6.07) is 11.7. The average molecular weight is 339 g/mol. The minimum absolute atomic E-state index is 0.125. The van der Waals surface area contributed by atoms with Crippen molar-refractivity contribution in [2.75, 3.05) is 0 Å². The van der Waals surface area contributed by atoms with Crippen molar-refractivity contribution in [1.82, 2.24) is 5.32 Å². The van der Waals surface area contributed by atoms with Gasteiger partial charge in [0, 0.05) is 6.21 Å². The first kappa shape index (κ1) is 19.2. The SMILES string of the molecule is CC(C)(C)CCC(N=Cc1ccccc1)C(=O)NC1(C#N)CCCC1. The maximum Gasteiger partial charge on any atom is 0.246 e. The predicted molar refractivity (Wildman–Crippen MR) is 101 cm³/mol. The Hall–Kier alpha value is -2.15. The molecule has 1 N–H and O–H groups in total. The van der Waals surface area contributed by atoms with Crippen molar-refractivity contribution in [1.29, 1.82) is 5.26 Å². The van der Waals surface area contributed by atoms with Crippen molar-refractivity contribution in [2.24, 2.45) is 10.4 Å². The van der Waals surface area contributed by atoms with Gasteiger partial charge in [0.15, 0.2) is 0 Å². The molecule has 0 saturated heterocycles. The third-order valence-electron chi connectivity index (χ3n) is 4.71. The minimum atomic E-state index is -0.695. The molecule has 1 aliphatic rings. The van der Waals surface area contributed by atoms with E-state index in [0.29, 0.717) is 6.42 Å². The summed E-state index contributed by atoms with van der Waals surface area (Å²) >= 11 is 0. The normalized spacial score (nSPS) is 18.0. The van der Waals surface area contributed by atoms with Crippen molar-refractivity contribution in [3.8, 4) is 6.07 Å². The Labute approximate surface area is 151 Å². The molecule has 0 bridgehead atoms. The summed E-state index contributed by atoms with van der Waals surface area (Å²) in [6.07, 6.45) is 6.81. The maximum absolute atomic E-state index is 12.8. The molecule has 1 aromatic carbocycles. The second-order valence-corrected chi connectivity index (χ2v) is 8.19. The van der Waals surface area contributed by atoms with Crippen LogP contribution >= 0.6 is 0 Å². The smallest absolute Gasteiger partial charge is 0.246 e. The van der Waals surface area contributed by atoms with Crippen molar-refractivity contribution in [3.05, 3.63) is 35.9 Å². The van der Waals surface area contributed by atoms with Gasteiger partial charge in [-0.3, -0.25) is 9.79 Å². The first-order valence-corrected chi connectivity index (χ1v) is 9.15. The van der Waals surface area contributed by atoms with Crippen LogP contribution < -0.4 is 5.32 Å². The highest BCUT2D eigenvalue weighted by molar-refractivity contribution is 5.87. The molecule has 2 rings (SSSR count). The standard InChI is InChI=1S/C21H29N3O/c1-20(2,3)14-11-18(23-15-17-9-5-4-6-10-17)19(25)24-21(16-22)12-7-8-13-21/h4-6,9-10,15,18H,7-8,11-14H2,1-3H3,(H,24,25). The van der Waals surface area contributed by atoms with Crippen LogP contribution in [-0.4, -0.2) is 23.7 Å². The predicted octanol–water partition coefficient (Wildman–Crippen LogP) is 4.25. The zero-order valence-electron chi connectivity index (χ0n) is 15.6. The molecule has 0 aliphatic heterocycles. The molecule has 1 saturated carbocycles. The fourth-order valence-corrected chi connectivity index (χ4v) is 3.12. The molecule has 1 atom stereocenters. The van der Waals surface area contributed by atoms with Crippen LogP contribution in [0.2, 0.25) is 0 Å². The summed E-state index contributed by atoms with van der Waals surface area (Å²) in [5.74, 6) is -0.125. The van der Waals surface area contributed by atoms with E-state index in [2.05, 4.69) is 37.1 Å². The third-order valence-corrected chi connectivity index (χ3v) is 4.71. The van der Waals surface area contributed by atoms with Crippen LogP contribution in [0.3, 0.4) is 0 Å². The van der Waals surface area contributed by atoms with Gasteiger partial charge in [-0.15, -0.1) is 0 Å². The van der Waals surface area contributed by atoms with Crippen molar-refractivity contribution < 1.29 is 4.79 Å². The van der Waals surface area contributed by atoms with Crippen molar-refractivity contribution in [3.63, 3.8) is 0 Å². The Kier molecular flexibility index (Phi) is 6.36. The molecule has 4 heteroatoms. The topological polar surface area (TPSA) is 65.2 Å². The Bertz CT molecular complexity index is 631. The van der Waals surface area contributed by atoms with Gasteiger partial charge in [-0.2, -0.15) is 5.26 Å². The van der Waals surface area contributed by atoms with Crippen molar-refractivity contribution in [2.45, 2.75) is 70.9 Å². The lowest BCUT2D eigenvalue weighted by Gasteiger charge is -2.26. The second-order valence-electron chi connectivity index (χ2n) is 8.19. The molecule has 134 valence electrons. The molecule has 0 spiro atoms. The van der Waals surface area contributed by atoms with Gasteiger partial charge in [0.1, 0.15) is 11.6 Å². The Morgan fingerprint density at radius 3 is 2.52 bits per heavy atom. The first-order chi connectivity index (χ1) is 11.8. The molecule has 0 heterocycles. The molecule has 1 aromatic rings. The highest BCUT2D eigenvalue weighted by Gasteiger charge is 2.37. The number of nitriles is 1. The number of rotatable bonds is 6. The number of nitrogens with one attached hydrogen (secondary N) is 1. The lowest BCUT2D eigenvalue weighted by atomic mass is 9.88. The Morgan fingerprint density at radius 1 is 1.32 bits per heavy atom. The third kappa shape index (κ3) is 6.01. The lowest BCUT2D eigenvalue weighted by Crippen LogP contribution is -2.49. The van der Waals surface area contributed by atoms with Crippen LogP contribution in [0.25, 0.3) is 0 Å². The number of benzene rings is 1. The van der Waals surface area contributed by atoms with Gasteiger partial charge in [0.25, 0.3) is 0 Å². The van der Waals surface area contributed by atoms with Gasteiger partial charge in [-0.25, -0.2) is 0 Å². The molecule has 1 unspecified atom stereocenters. The fraction of sp³-hybridized carbons (Fsp3) is 0.571. The second kappa shape index (κ2) is 8.29.